The van der Waals surface area contributed by atoms with Crippen LogP contribution in [0.2, 0.25) is 0 Å². The average molecular weight is 331 g/mol. The summed E-state index contributed by atoms with van der Waals surface area (Å²) in [5.74, 6) is 0.767. The van der Waals surface area contributed by atoms with Gasteiger partial charge in [0.15, 0.2) is 0 Å². The fraction of sp³-hybridized carbons (Fsp3) is 0.556. The number of hydrogen-bond donors (Lipinski definition) is 1. The third-order valence-electron chi connectivity index (χ3n) is 4.26. The van der Waals surface area contributed by atoms with E-state index in [1.54, 1.807) is 11.8 Å². The first-order valence-corrected chi connectivity index (χ1v) is 9.02. The lowest BCUT2D eigenvalue weighted by molar-refractivity contribution is -0.117. The van der Waals surface area contributed by atoms with E-state index < -0.39 is 0 Å². The summed E-state index contributed by atoms with van der Waals surface area (Å²) in [6.07, 6.45) is 3.06. The van der Waals surface area contributed by atoms with Crippen molar-refractivity contribution in [3.8, 4) is 6.07 Å². The number of benzene rings is 1. The molecule has 0 heterocycles. The number of thioether (sulfide) groups is 1. The molecule has 0 bridgehead atoms. The molecule has 0 aromatic heterocycles. The van der Waals surface area contributed by atoms with Crippen LogP contribution in [0.1, 0.15) is 33.1 Å². The van der Waals surface area contributed by atoms with Crippen LogP contribution in [0.15, 0.2) is 29.2 Å². The van der Waals surface area contributed by atoms with Crippen molar-refractivity contribution < 1.29 is 4.79 Å². The van der Waals surface area contributed by atoms with Crippen molar-refractivity contribution in [2.24, 2.45) is 5.92 Å². The van der Waals surface area contributed by atoms with Crippen LogP contribution in [0.25, 0.3) is 0 Å². The van der Waals surface area contributed by atoms with E-state index in [4.69, 9.17) is 5.26 Å². The molecule has 1 saturated carbocycles. The molecule has 2 rings (SSSR count). The summed E-state index contributed by atoms with van der Waals surface area (Å²) < 4.78 is 0. The number of hydrogen-bond acceptors (Lipinski definition) is 4. The predicted molar refractivity (Wildman–Crippen MR) is 95.4 cm³/mol. The zero-order chi connectivity index (χ0) is 16.8. The fourth-order valence-corrected chi connectivity index (χ4v) is 3.55. The molecule has 1 aromatic carbocycles. The highest BCUT2D eigenvalue weighted by Gasteiger charge is 2.31. The first-order valence-electron chi connectivity index (χ1n) is 8.14. The Morgan fingerprint density at radius 3 is 2.78 bits per heavy atom. The zero-order valence-electron chi connectivity index (χ0n) is 14.1. The number of nitrogens with zero attached hydrogens (tertiary/aromatic N) is 2. The van der Waals surface area contributed by atoms with E-state index in [2.05, 4.69) is 23.2 Å². The number of anilines is 1. The Bertz CT molecular complexity index is 580. The summed E-state index contributed by atoms with van der Waals surface area (Å²) in [6, 6.07) is 10.4. The molecule has 5 heteroatoms. The molecule has 0 aliphatic heterocycles. The highest BCUT2D eigenvalue weighted by molar-refractivity contribution is 8.00. The summed E-state index contributed by atoms with van der Waals surface area (Å²) in [4.78, 5) is 15.5. The van der Waals surface area contributed by atoms with Crippen molar-refractivity contribution in [2.45, 2.75) is 49.3 Å². The van der Waals surface area contributed by atoms with Gasteiger partial charge >= 0.3 is 0 Å². The van der Waals surface area contributed by atoms with E-state index in [1.165, 1.54) is 12.8 Å². The Balaban J connectivity index is 1.93. The molecule has 1 aliphatic carbocycles. The number of para-hydroxylation sites is 1. The summed E-state index contributed by atoms with van der Waals surface area (Å²) in [7, 11) is 2.01. The van der Waals surface area contributed by atoms with Crippen molar-refractivity contribution in [3.63, 3.8) is 0 Å². The van der Waals surface area contributed by atoms with Crippen LogP contribution in [0.5, 0.6) is 0 Å². The van der Waals surface area contributed by atoms with Gasteiger partial charge in [-0.1, -0.05) is 19.1 Å². The number of nitrogens with one attached hydrogen (secondary N) is 1. The quantitative estimate of drug-likeness (QED) is 0.737. The number of rotatable bonds is 8. The standard InChI is InChI=1S/C18H25N3OS/c1-13(10-11-19)23-17-7-5-4-6-16(17)20-18(22)12-21(3)14(2)15-8-9-15/h4-7,13-15H,8-10,12H2,1-3H3,(H,20,22). The summed E-state index contributed by atoms with van der Waals surface area (Å²) in [5.41, 5.74) is 0.833. The molecule has 0 radical (unpaired) electrons. The van der Waals surface area contributed by atoms with Crippen LogP contribution >= 0.6 is 11.8 Å². The predicted octanol–water partition coefficient (Wildman–Crippen LogP) is 3.75. The number of carbonyl (C=O) groups excluding carboxylic acids is 1. The van der Waals surface area contributed by atoms with E-state index >= 15 is 0 Å². The monoisotopic (exact) mass is 331 g/mol. The van der Waals surface area contributed by atoms with Crippen molar-refractivity contribution in [2.75, 3.05) is 18.9 Å². The third kappa shape index (κ3) is 5.56. The van der Waals surface area contributed by atoms with E-state index in [0.29, 0.717) is 19.0 Å². The van der Waals surface area contributed by atoms with Crippen LogP contribution < -0.4 is 5.32 Å². The van der Waals surface area contributed by atoms with Gasteiger partial charge in [0.25, 0.3) is 0 Å². The molecule has 0 spiro atoms. The molecule has 1 fully saturated rings. The average Bonchev–Trinajstić information content (AvgIpc) is 3.33. The van der Waals surface area contributed by atoms with E-state index in [-0.39, 0.29) is 11.2 Å². The minimum atomic E-state index is 0.0148. The number of likely N-dealkylation sites (N-methyl/N-ethyl adjacent to an activating group) is 1. The van der Waals surface area contributed by atoms with Gasteiger partial charge < -0.3 is 5.32 Å². The molecular formula is C18H25N3OS. The smallest absolute Gasteiger partial charge is 0.238 e. The van der Waals surface area contributed by atoms with Gasteiger partial charge in [0.05, 0.1) is 18.3 Å². The summed E-state index contributed by atoms with van der Waals surface area (Å²) in [5, 5.41) is 12.0. The molecule has 1 aromatic rings. The number of amides is 1. The third-order valence-corrected chi connectivity index (χ3v) is 5.44. The number of carbonyl (C=O) groups is 1. The molecule has 0 saturated heterocycles. The SMILES string of the molecule is CC(CC#N)Sc1ccccc1NC(=O)CN(C)C(C)C1CC1. The van der Waals surface area contributed by atoms with E-state index in [1.807, 2.05) is 38.2 Å². The first-order chi connectivity index (χ1) is 11.0. The minimum Gasteiger partial charge on any atom is -0.324 e. The second-order valence-corrected chi connectivity index (χ2v) is 7.81. The van der Waals surface area contributed by atoms with Crippen molar-refractivity contribution in [1.29, 1.82) is 5.26 Å². The van der Waals surface area contributed by atoms with Gasteiger partial charge in [0.1, 0.15) is 0 Å². The largest absolute Gasteiger partial charge is 0.324 e. The van der Waals surface area contributed by atoms with Crippen LogP contribution in [0.3, 0.4) is 0 Å². The summed E-state index contributed by atoms with van der Waals surface area (Å²) >= 11 is 1.63. The van der Waals surface area contributed by atoms with E-state index in [0.717, 1.165) is 16.5 Å². The minimum absolute atomic E-state index is 0.0148. The van der Waals surface area contributed by atoms with E-state index in [9.17, 15) is 4.79 Å². The Morgan fingerprint density at radius 2 is 2.13 bits per heavy atom. The highest BCUT2D eigenvalue weighted by atomic mass is 32.2. The van der Waals surface area contributed by atoms with Gasteiger partial charge in [0.2, 0.25) is 5.91 Å². The van der Waals surface area contributed by atoms with Gasteiger partial charge in [0, 0.05) is 22.6 Å². The lowest BCUT2D eigenvalue weighted by Crippen LogP contribution is -2.37. The molecule has 23 heavy (non-hydrogen) atoms. The van der Waals surface area contributed by atoms with Crippen LogP contribution in [0.4, 0.5) is 5.69 Å². The lowest BCUT2D eigenvalue weighted by Gasteiger charge is -2.24. The Morgan fingerprint density at radius 1 is 1.43 bits per heavy atom. The molecule has 1 amide bonds. The Labute approximate surface area is 143 Å². The molecular weight excluding hydrogens is 306 g/mol. The maximum absolute atomic E-state index is 12.3. The molecule has 124 valence electrons. The van der Waals surface area contributed by atoms with Crippen LogP contribution in [0, 0.1) is 17.2 Å². The van der Waals surface area contributed by atoms with Gasteiger partial charge in [-0.3, -0.25) is 9.69 Å². The molecule has 4 nitrogen and oxygen atoms in total. The second-order valence-electron chi connectivity index (χ2n) is 6.33. The van der Waals surface area contributed by atoms with Crippen molar-refractivity contribution in [3.05, 3.63) is 24.3 Å². The fourth-order valence-electron chi connectivity index (χ4n) is 2.56. The van der Waals surface area contributed by atoms with Gasteiger partial charge in [-0.05, 0) is 44.9 Å². The van der Waals surface area contributed by atoms with Crippen molar-refractivity contribution >= 4 is 23.4 Å². The van der Waals surface area contributed by atoms with Gasteiger partial charge in [-0.2, -0.15) is 5.26 Å². The zero-order valence-corrected chi connectivity index (χ0v) is 14.9. The van der Waals surface area contributed by atoms with Crippen molar-refractivity contribution in [1.82, 2.24) is 4.90 Å². The topological polar surface area (TPSA) is 56.1 Å². The summed E-state index contributed by atoms with van der Waals surface area (Å²) in [6.45, 7) is 4.63. The first kappa shape index (κ1) is 17.8. The van der Waals surface area contributed by atoms with Crippen LogP contribution in [-0.4, -0.2) is 35.7 Å². The lowest BCUT2D eigenvalue weighted by atomic mass is 10.2. The molecule has 2 atom stereocenters. The number of nitriles is 1. The molecule has 1 aliphatic rings. The highest BCUT2D eigenvalue weighted by Crippen LogP contribution is 2.35. The maximum atomic E-state index is 12.3. The van der Waals surface area contributed by atoms with Gasteiger partial charge in [-0.15, -0.1) is 11.8 Å². The Hall–Kier alpha value is -1.51. The Kier molecular flexibility index (Phi) is 6.49. The normalized spacial score (nSPS) is 16.7. The van der Waals surface area contributed by atoms with Crippen LogP contribution in [-0.2, 0) is 4.79 Å². The second kappa shape index (κ2) is 8.37. The molecule has 1 N–H and O–H groups in total. The maximum Gasteiger partial charge on any atom is 0.238 e. The molecule has 2 unspecified atom stereocenters. The van der Waals surface area contributed by atoms with Gasteiger partial charge in [-0.25, -0.2) is 0 Å².